The van der Waals surface area contributed by atoms with Crippen LogP contribution in [-0.4, -0.2) is 18.5 Å². The first kappa shape index (κ1) is 24.3. The summed E-state index contributed by atoms with van der Waals surface area (Å²) in [7, 11) is 0. The van der Waals surface area contributed by atoms with Crippen molar-refractivity contribution >= 4 is 57.1 Å². The van der Waals surface area contributed by atoms with Gasteiger partial charge >= 0.3 is 5.97 Å². The minimum absolute atomic E-state index is 0.115. The predicted molar refractivity (Wildman–Crippen MR) is 133 cm³/mol. The van der Waals surface area contributed by atoms with E-state index in [0.717, 1.165) is 0 Å². The van der Waals surface area contributed by atoms with Crippen LogP contribution in [0.5, 0.6) is 11.5 Å². The zero-order valence-electron chi connectivity index (χ0n) is 17.8. The molecule has 0 spiro atoms. The monoisotopic (exact) mass is 563 g/mol. The molecule has 0 unspecified atom stereocenters. The lowest BCUT2D eigenvalue weighted by Crippen LogP contribution is -2.05. The fourth-order valence-corrected chi connectivity index (χ4v) is 4.05. The lowest BCUT2D eigenvalue weighted by molar-refractivity contribution is -0.129. The summed E-state index contributed by atoms with van der Waals surface area (Å²) < 4.78 is 31.0. The number of cyclic esters (lactones) is 1. The van der Waals surface area contributed by atoms with Gasteiger partial charge in [0.1, 0.15) is 12.4 Å². The summed E-state index contributed by atoms with van der Waals surface area (Å²) in [5.41, 5.74) is 1.96. The Balaban J connectivity index is 1.61. The van der Waals surface area contributed by atoms with Crippen molar-refractivity contribution in [1.29, 1.82) is 0 Å². The van der Waals surface area contributed by atoms with Gasteiger partial charge in [0, 0.05) is 5.56 Å². The van der Waals surface area contributed by atoms with Crippen molar-refractivity contribution in [2.75, 3.05) is 6.61 Å². The van der Waals surface area contributed by atoms with Gasteiger partial charge in [-0.15, -0.1) is 0 Å². The molecule has 34 heavy (non-hydrogen) atoms. The van der Waals surface area contributed by atoms with Crippen molar-refractivity contribution in [1.82, 2.24) is 0 Å². The van der Waals surface area contributed by atoms with Crippen LogP contribution in [0, 0.1) is 5.82 Å². The third-order valence-corrected chi connectivity index (χ3v) is 6.02. The van der Waals surface area contributed by atoms with Crippen molar-refractivity contribution in [3.63, 3.8) is 0 Å². The number of hydrogen-bond acceptors (Lipinski definition) is 5. The Morgan fingerprint density at radius 1 is 1.09 bits per heavy atom. The van der Waals surface area contributed by atoms with E-state index in [1.165, 1.54) is 12.1 Å². The first-order chi connectivity index (χ1) is 16.3. The van der Waals surface area contributed by atoms with Crippen LogP contribution in [0.4, 0.5) is 4.39 Å². The van der Waals surface area contributed by atoms with Crippen LogP contribution < -0.4 is 9.47 Å². The maximum Gasteiger partial charge on any atom is 0.363 e. The number of nitrogens with zero attached hydrogens (tertiary/aromatic N) is 1. The summed E-state index contributed by atoms with van der Waals surface area (Å²) in [5, 5.41) is 0.716. The lowest BCUT2D eigenvalue weighted by Gasteiger charge is -2.15. The molecular formula is C25H17BrCl2FNO4. The summed E-state index contributed by atoms with van der Waals surface area (Å²) in [4.78, 5) is 16.7. The largest absolute Gasteiger partial charge is 0.490 e. The molecule has 9 heteroatoms. The number of benzene rings is 3. The minimum atomic E-state index is -0.596. The minimum Gasteiger partial charge on any atom is -0.490 e. The molecule has 0 N–H and O–H groups in total. The SMILES string of the molecule is CCOc1cc(/C=C2\N=C(c3ccc(Cl)c(Cl)c3)OC2=O)cc(Br)c1OCc1cccc(F)c1. The zero-order valence-corrected chi connectivity index (χ0v) is 20.9. The van der Waals surface area contributed by atoms with Crippen LogP contribution in [0.2, 0.25) is 10.0 Å². The number of carbonyl (C=O) groups excluding carboxylic acids is 1. The number of esters is 1. The van der Waals surface area contributed by atoms with E-state index in [-0.39, 0.29) is 24.0 Å². The van der Waals surface area contributed by atoms with E-state index >= 15 is 0 Å². The van der Waals surface area contributed by atoms with Crippen molar-refractivity contribution < 1.29 is 23.4 Å². The van der Waals surface area contributed by atoms with Crippen LogP contribution in [0.15, 0.2) is 69.8 Å². The second-order valence-electron chi connectivity index (χ2n) is 7.15. The molecule has 174 valence electrons. The van der Waals surface area contributed by atoms with Gasteiger partial charge in [0.25, 0.3) is 0 Å². The molecule has 0 atom stereocenters. The van der Waals surface area contributed by atoms with Crippen LogP contribution >= 0.6 is 39.1 Å². The fourth-order valence-electron chi connectivity index (χ4n) is 3.18. The van der Waals surface area contributed by atoms with Gasteiger partial charge in [0.15, 0.2) is 17.2 Å². The number of halogens is 4. The van der Waals surface area contributed by atoms with E-state index in [0.29, 0.717) is 49.3 Å². The van der Waals surface area contributed by atoms with Gasteiger partial charge < -0.3 is 14.2 Å². The summed E-state index contributed by atoms with van der Waals surface area (Å²) in [6.45, 7) is 2.39. The quantitative estimate of drug-likeness (QED) is 0.224. The van der Waals surface area contributed by atoms with Crippen LogP contribution in [0.1, 0.15) is 23.6 Å². The Morgan fingerprint density at radius 3 is 2.65 bits per heavy atom. The Morgan fingerprint density at radius 2 is 1.91 bits per heavy atom. The highest BCUT2D eigenvalue weighted by Crippen LogP contribution is 2.38. The van der Waals surface area contributed by atoms with Crippen LogP contribution in [0.25, 0.3) is 6.08 Å². The van der Waals surface area contributed by atoms with E-state index in [2.05, 4.69) is 20.9 Å². The molecule has 0 aromatic heterocycles. The van der Waals surface area contributed by atoms with E-state index in [1.807, 2.05) is 6.92 Å². The molecule has 5 nitrogen and oxygen atoms in total. The Hall–Kier alpha value is -2.87. The number of hydrogen-bond donors (Lipinski definition) is 0. The number of carbonyl (C=O) groups is 1. The zero-order chi connectivity index (χ0) is 24.2. The smallest absolute Gasteiger partial charge is 0.363 e. The van der Waals surface area contributed by atoms with Crippen molar-refractivity contribution in [2.45, 2.75) is 13.5 Å². The highest BCUT2D eigenvalue weighted by molar-refractivity contribution is 9.10. The molecular weight excluding hydrogens is 548 g/mol. The molecule has 3 aromatic rings. The summed E-state index contributed by atoms with van der Waals surface area (Å²) in [6, 6.07) is 14.5. The van der Waals surface area contributed by atoms with E-state index in [4.69, 9.17) is 37.4 Å². The van der Waals surface area contributed by atoms with E-state index in [9.17, 15) is 9.18 Å². The molecule has 0 fully saturated rings. The molecule has 0 bridgehead atoms. The number of rotatable bonds is 7. The number of aliphatic imine (C=N–C) groups is 1. The molecule has 0 amide bonds. The van der Waals surface area contributed by atoms with Gasteiger partial charge in [-0.3, -0.25) is 0 Å². The first-order valence-corrected chi connectivity index (χ1v) is 11.7. The Kier molecular flexibility index (Phi) is 7.56. The van der Waals surface area contributed by atoms with Crippen molar-refractivity contribution in [2.24, 2.45) is 4.99 Å². The van der Waals surface area contributed by atoms with Gasteiger partial charge in [0.05, 0.1) is 21.1 Å². The van der Waals surface area contributed by atoms with Gasteiger partial charge in [-0.05, 0) is 82.5 Å². The van der Waals surface area contributed by atoms with Crippen LogP contribution in [0.3, 0.4) is 0 Å². The van der Waals surface area contributed by atoms with Gasteiger partial charge in [-0.25, -0.2) is 14.2 Å². The molecule has 1 aliphatic rings. The molecule has 0 radical (unpaired) electrons. The average molecular weight is 565 g/mol. The summed E-state index contributed by atoms with van der Waals surface area (Å²) in [5.74, 6) is 0.120. The van der Waals surface area contributed by atoms with E-state index in [1.54, 1.807) is 48.5 Å². The molecule has 1 heterocycles. The average Bonchev–Trinajstić information content (AvgIpc) is 3.15. The van der Waals surface area contributed by atoms with Crippen LogP contribution in [-0.2, 0) is 16.1 Å². The highest BCUT2D eigenvalue weighted by Gasteiger charge is 2.25. The van der Waals surface area contributed by atoms with E-state index < -0.39 is 5.97 Å². The van der Waals surface area contributed by atoms with Gasteiger partial charge in [-0.2, -0.15) is 0 Å². The number of ether oxygens (including phenoxy) is 3. The summed E-state index contributed by atoms with van der Waals surface area (Å²) >= 11 is 15.5. The third-order valence-electron chi connectivity index (χ3n) is 4.69. The van der Waals surface area contributed by atoms with Gasteiger partial charge in [-0.1, -0.05) is 35.3 Å². The molecule has 0 saturated heterocycles. The summed E-state index contributed by atoms with van der Waals surface area (Å²) in [6.07, 6.45) is 1.58. The topological polar surface area (TPSA) is 57.1 Å². The Labute approximate surface area is 213 Å². The first-order valence-electron chi connectivity index (χ1n) is 10.2. The maximum atomic E-state index is 13.5. The standard InChI is InChI=1S/C25H17BrCl2FNO4/c1-2-32-22-11-15(9-18(26)23(22)33-13-14-4-3-5-17(29)8-14)10-21-25(31)34-24(30-21)16-6-7-19(27)20(28)12-16/h3-12H,2,13H2,1H3/b21-10-. The fraction of sp³-hybridized carbons (Fsp3) is 0.120. The second kappa shape index (κ2) is 10.6. The lowest BCUT2D eigenvalue weighted by atomic mass is 10.1. The molecule has 0 saturated carbocycles. The van der Waals surface area contributed by atoms with Gasteiger partial charge in [0.2, 0.25) is 5.90 Å². The normalized spacial score (nSPS) is 14.2. The third kappa shape index (κ3) is 5.60. The molecule has 3 aromatic carbocycles. The van der Waals surface area contributed by atoms with Crippen molar-refractivity contribution in [3.8, 4) is 11.5 Å². The molecule has 4 rings (SSSR count). The Bertz CT molecular complexity index is 1330. The highest BCUT2D eigenvalue weighted by atomic mass is 79.9. The molecule has 0 aliphatic carbocycles. The maximum absolute atomic E-state index is 13.5. The van der Waals surface area contributed by atoms with Crippen molar-refractivity contribution in [3.05, 3.63) is 97.3 Å². The molecule has 1 aliphatic heterocycles. The predicted octanol–water partition coefficient (Wildman–Crippen LogP) is 7.22. The second-order valence-corrected chi connectivity index (χ2v) is 8.82.